The summed E-state index contributed by atoms with van der Waals surface area (Å²) >= 11 is 0. The third kappa shape index (κ3) is 2.07. The van der Waals surface area contributed by atoms with E-state index in [2.05, 4.69) is 24.0 Å². The van der Waals surface area contributed by atoms with Gasteiger partial charge in [0.2, 0.25) is 5.65 Å². The quantitative estimate of drug-likeness (QED) is 0.736. The Bertz CT molecular complexity index is 877. The largest absolute Gasteiger partial charge is 0.497 e. The number of benzene rings is 1. The van der Waals surface area contributed by atoms with Crippen LogP contribution in [0.1, 0.15) is 19.7 Å². The molecule has 110 valence electrons. The summed E-state index contributed by atoms with van der Waals surface area (Å²) in [5.74, 6) is 1.98. The molecule has 1 aromatic carbocycles. The van der Waals surface area contributed by atoms with Crippen LogP contribution in [0.4, 0.5) is 0 Å². The average Bonchev–Trinajstić information content (AvgIpc) is 2.87. The minimum Gasteiger partial charge on any atom is -0.497 e. The number of methoxy groups -OCH3 is 1. The van der Waals surface area contributed by atoms with Gasteiger partial charge in [-0.2, -0.15) is 0 Å². The Morgan fingerprint density at radius 3 is 2.67 bits per heavy atom. The lowest BCUT2D eigenvalue weighted by molar-refractivity contribution is 0.415. The summed E-state index contributed by atoms with van der Waals surface area (Å²) in [6.07, 6.45) is 0.765. The van der Waals surface area contributed by atoms with Gasteiger partial charge in [-0.15, -0.1) is 10.2 Å². The van der Waals surface area contributed by atoms with Crippen molar-refractivity contribution in [2.75, 3.05) is 7.11 Å². The van der Waals surface area contributed by atoms with Crippen LogP contribution in [0.25, 0.3) is 16.7 Å². The highest BCUT2D eigenvalue weighted by molar-refractivity contribution is 5.79. The highest BCUT2D eigenvalue weighted by atomic mass is 16.5. The third-order valence-electron chi connectivity index (χ3n) is 3.60. The average molecular weight is 286 g/mol. The number of hydrogen-bond acceptors (Lipinski definition) is 4. The molecule has 21 heavy (non-hydrogen) atoms. The predicted molar refractivity (Wildman–Crippen MR) is 80.8 cm³/mol. The second-order valence-electron chi connectivity index (χ2n) is 5.59. The standard InChI is InChI=1S/C15H18N4O2/c1-9(2)7-13-16-17-14-15(20)18(3)11-6-5-10(21-4)8-12(11)19(13)14/h5-6,8-9H,7H2,1-4H3. The van der Waals surface area contributed by atoms with E-state index in [9.17, 15) is 4.79 Å². The van der Waals surface area contributed by atoms with Crippen molar-refractivity contribution >= 4 is 16.7 Å². The summed E-state index contributed by atoms with van der Waals surface area (Å²) in [4.78, 5) is 12.4. The summed E-state index contributed by atoms with van der Waals surface area (Å²) in [7, 11) is 3.37. The zero-order chi connectivity index (χ0) is 15.1. The Morgan fingerprint density at radius 2 is 2.00 bits per heavy atom. The lowest BCUT2D eigenvalue weighted by atomic mass is 10.1. The van der Waals surface area contributed by atoms with Gasteiger partial charge in [0, 0.05) is 19.5 Å². The lowest BCUT2D eigenvalue weighted by Gasteiger charge is -2.11. The molecule has 6 heteroatoms. The maximum Gasteiger partial charge on any atom is 0.296 e. The Labute approximate surface area is 122 Å². The van der Waals surface area contributed by atoms with E-state index >= 15 is 0 Å². The van der Waals surface area contributed by atoms with Crippen molar-refractivity contribution in [3.05, 3.63) is 34.4 Å². The molecule has 0 bridgehead atoms. The number of ether oxygens (including phenoxy) is 1. The van der Waals surface area contributed by atoms with Gasteiger partial charge in [0.25, 0.3) is 5.56 Å². The van der Waals surface area contributed by atoms with E-state index < -0.39 is 0 Å². The van der Waals surface area contributed by atoms with E-state index in [4.69, 9.17) is 4.74 Å². The van der Waals surface area contributed by atoms with E-state index in [0.29, 0.717) is 11.6 Å². The molecule has 6 nitrogen and oxygen atoms in total. The number of hydrogen-bond donors (Lipinski definition) is 0. The van der Waals surface area contributed by atoms with E-state index in [0.717, 1.165) is 29.0 Å². The molecule has 0 amide bonds. The lowest BCUT2D eigenvalue weighted by Crippen LogP contribution is -2.21. The zero-order valence-electron chi connectivity index (χ0n) is 12.6. The monoisotopic (exact) mass is 286 g/mol. The molecular weight excluding hydrogens is 268 g/mol. The van der Waals surface area contributed by atoms with Crippen molar-refractivity contribution in [1.29, 1.82) is 0 Å². The van der Waals surface area contributed by atoms with Gasteiger partial charge in [-0.25, -0.2) is 0 Å². The molecule has 0 saturated carbocycles. The van der Waals surface area contributed by atoms with E-state index in [1.807, 2.05) is 22.6 Å². The Morgan fingerprint density at radius 1 is 1.24 bits per heavy atom. The van der Waals surface area contributed by atoms with E-state index in [1.54, 1.807) is 18.7 Å². The van der Waals surface area contributed by atoms with Gasteiger partial charge in [0.05, 0.1) is 18.1 Å². The Balaban J connectivity index is 2.47. The second-order valence-corrected chi connectivity index (χ2v) is 5.59. The molecule has 0 radical (unpaired) electrons. The molecule has 0 N–H and O–H groups in total. The zero-order valence-corrected chi connectivity index (χ0v) is 12.6. The third-order valence-corrected chi connectivity index (χ3v) is 3.60. The summed E-state index contributed by atoms with van der Waals surface area (Å²) in [6.45, 7) is 4.23. The first-order valence-corrected chi connectivity index (χ1v) is 6.93. The normalized spacial score (nSPS) is 11.7. The number of aromatic nitrogens is 4. The van der Waals surface area contributed by atoms with Crippen LogP contribution in [0.3, 0.4) is 0 Å². The number of rotatable bonds is 3. The minimum absolute atomic E-state index is 0.143. The van der Waals surface area contributed by atoms with Crippen LogP contribution in [-0.4, -0.2) is 26.3 Å². The van der Waals surface area contributed by atoms with Gasteiger partial charge >= 0.3 is 0 Å². The first kappa shape index (κ1) is 13.6. The van der Waals surface area contributed by atoms with Crippen molar-refractivity contribution in [2.24, 2.45) is 13.0 Å². The summed E-state index contributed by atoms with van der Waals surface area (Å²) in [5.41, 5.74) is 1.93. The van der Waals surface area contributed by atoms with Gasteiger partial charge in [-0.3, -0.25) is 9.20 Å². The Kier molecular flexibility index (Phi) is 3.16. The summed E-state index contributed by atoms with van der Waals surface area (Å²) in [6, 6.07) is 5.64. The summed E-state index contributed by atoms with van der Waals surface area (Å²) in [5, 5.41) is 8.28. The SMILES string of the molecule is COc1ccc2c(c1)n1c(CC(C)C)nnc1c(=O)n2C. The maximum absolute atomic E-state index is 12.4. The smallest absolute Gasteiger partial charge is 0.296 e. The predicted octanol–water partition coefficient (Wildman–Crippen LogP) is 1.79. The molecule has 3 rings (SSSR count). The second kappa shape index (κ2) is 4.87. The molecule has 0 aliphatic carbocycles. The van der Waals surface area contributed by atoms with Crippen molar-refractivity contribution in [3.63, 3.8) is 0 Å². The molecule has 0 unspecified atom stereocenters. The molecule has 0 atom stereocenters. The maximum atomic E-state index is 12.4. The number of aryl methyl sites for hydroxylation is 1. The fourth-order valence-corrected chi connectivity index (χ4v) is 2.56. The van der Waals surface area contributed by atoms with Crippen LogP contribution in [-0.2, 0) is 13.5 Å². The first-order valence-electron chi connectivity index (χ1n) is 6.93. The van der Waals surface area contributed by atoms with Gasteiger partial charge in [-0.1, -0.05) is 13.8 Å². The van der Waals surface area contributed by atoms with Crippen molar-refractivity contribution in [2.45, 2.75) is 20.3 Å². The van der Waals surface area contributed by atoms with Crippen LogP contribution in [0.15, 0.2) is 23.0 Å². The van der Waals surface area contributed by atoms with Gasteiger partial charge < -0.3 is 9.30 Å². The highest BCUT2D eigenvalue weighted by Gasteiger charge is 2.16. The van der Waals surface area contributed by atoms with Crippen molar-refractivity contribution in [1.82, 2.24) is 19.2 Å². The molecule has 3 aromatic rings. The van der Waals surface area contributed by atoms with Crippen LogP contribution >= 0.6 is 0 Å². The highest BCUT2D eigenvalue weighted by Crippen LogP contribution is 2.21. The molecular formula is C15H18N4O2. The van der Waals surface area contributed by atoms with E-state index in [1.165, 1.54) is 0 Å². The van der Waals surface area contributed by atoms with Crippen molar-refractivity contribution < 1.29 is 4.74 Å². The molecule has 0 aliphatic rings. The number of nitrogens with zero attached hydrogens (tertiary/aromatic N) is 4. The molecule has 2 heterocycles. The van der Waals surface area contributed by atoms with Gasteiger partial charge in [0.1, 0.15) is 11.6 Å². The molecule has 0 aliphatic heterocycles. The van der Waals surface area contributed by atoms with Crippen LogP contribution in [0.5, 0.6) is 5.75 Å². The van der Waals surface area contributed by atoms with Gasteiger partial charge in [-0.05, 0) is 18.1 Å². The fraction of sp³-hybridized carbons (Fsp3) is 0.400. The molecule has 0 spiro atoms. The number of fused-ring (bicyclic) bond motifs is 3. The first-order chi connectivity index (χ1) is 10.0. The van der Waals surface area contributed by atoms with Gasteiger partial charge in [0.15, 0.2) is 0 Å². The van der Waals surface area contributed by atoms with Crippen molar-refractivity contribution in [3.8, 4) is 5.75 Å². The minimum atomic E-state index is -0.143. The molecule has 2 aromatic heterocycles. The Hall–Kier alpha value is -2.37. The van der Waals surface area contributed by atoms with Crippen LogP contribution in [0, 0.1) is 5.92 Å². The van der Waals surface area contributed by atoms with Crippen LogP contribution in [0.2, 0.25) is 0 Å². The topological polar surface area (TPSA) is 61.4 Å². The fourth-order valence-electron chi connectivity index (χ4n) is 2.56. The molecule has 0 fully saturated rings. The molecule has 0 saturated heterocycles. The summed E-state index contributed by atoms with van der Waals surface area (Å²) < 4.78 is 8.74. The van der Waals surface area contributed by atoms with Crippen LogP contribution < -0.4 is 10.3 Å². The van der Waals surface area contributed by atoms with E-state index in [-0.39, 0.29) is 5.56 Å².